The Labute approximate surface area is 121 Å². The minimum absolute atomic E-state index is 0.253. The Morgan fingerprint density at radius 1 is 1.20 bits per heavy atom. The molecule has 3 rings (SSSR count). The van der Waals surface area contributed by atoms with E-state index in [2.05, 4.69) is 10.3 Å². The molecule has 2 aromatic carbocycles. The summed E-state index contributed by atoms with van der Waals surface area (Å²) in [7, 11) is 0. The Hall–Kier alpha value is -2.00. The largest absolute Gasteiger partial charge is 0.377 e. The molecule has 2 N–H and O–H groups in total. The number of hydrogen-bond donors (Lipinski definition) is 2. The maximum absolute atomic E-state index is 13.8. The van der Waals surface area contributed by atoms with Crippen molar-refractivity contribution in [3.63, 3.8) is 0 Å². The molecular weight excluding hydrogens is 275 g/mol. The molecule has 4 heteroatoms. The predicted octanol–water partition coefficient (Wildman–Crippen LogP) is 4.88. The lowest BCUT2D eigenvalue weighted by molar-refractivity contribution is 0.629. The molecule has 0 saturated heterocycles. The third kappa shape index (κ3) is 2.37. The number of anilines is 1. The fourth-order valence-corrected chi connectivity index (χ4v) is 2.51. The number of fused-ring (bicyclic) bond motifs is 1. The molecule has 20 heavy (non-hydrogen) atoms. The van der Waals surface area contributed by atoms with Gasteiger partial charge in [-0.2, -0.15) is 0 Å². The maximum atomic E-state index is 13.8. The van der Waals surface area contributed by atoms with Gasteiger partial charge in [0.25, 0.3) is 0 Å². The number of aryl methyl sites for hydroxylation is 1. The lowest BCUT2D eigenvalue weighted by Gasteiger charge is -2.07. The van der Waals surface area contributed by atoms with Crippen LogP contribution in [-0.4, -0.2) is 4.98 Å². The Morgan fingerprint density at radius 3 is 2.75 bits per heavy atom. The SMILES string of the molecule is Cc1ccc(NCc2[nH]c3ccccc3c2Cl)c(F)c1. The summed E-state index contributed by atoms with van der Waals surface area (Å²) in [5.74, 6) is -0.253. The Balaban J connectivity index is 1.85. The lowest BCUT2D eigenvalue weighted by atomic mass is 10.2. The van der Waals surface area contributed by atoms with Gasteiger partial charge < -0.3 is 10.3 Å². The zero-order chi connectivity index (χ0) is 14.1. The topological polar surface area (TPSA) is 27.8 Å². The molecule has 0 atom stereocenters. The Bertz CT molecular complexity index is 764. The third-order valence-corrected chi connectivity index (χ3v) is 3.73. The van der Waals surface area contributed by atoms with Crippen molar-refractivity contribution < 1.29 is 4.39 Å². The minimum atomic E-state index is -0.253. The van der Waals surface area contributed by atoms with Crippen molar-refractivity contribution in [3.05, 3.63) is 64.6 Å². The van der Waals surface area contributed by atoms with Crippen LogP contribution >= 0.6 is 11.6 Å². The summed E-state index contributed by atoms with van der Waals surface area (Å²) in [5, 5.41) is 4.73. The summed E-state index contributed by atoms with van der Waals surface area (Å²) < 4.78 is 13.8. The van der Waals surface area contributed by atoms with Crippen molar-refractivity contribution in [2.45, 2.75) is 13.5 Å². The number of halogens is 2. The average Bonchev–Trinajstić information content (AvgIpc) is 2.75. The summed E-state index contributed by atoms with van der Waals surface area (Å²) >= 11 is 6.32. The molecule has 0 spiro atoms. The number of hydrogen-bond acceptors (Lipinski definition) is 1. The molecule has 0 unspecified atom stereocenters. The fraction of sp³-hybridized carbons (Fsp3) is 0.125. The number of para-hydroxylation sites is 1. The normalized spacial score (nSPS) is 10.9. The third-order valence-electron chi connectivity index (χ3n) is 3.29. The first-order chi connectivity index (χ1) is 9.65. The van der Waals surface area contributed by atoms with Gasteiger partial charge in [0.2, 0.25) is 0 Å². The molecule has 0 aliphatic rings. The molecule has 1 aromatic heterocycles. The number of nitrogens with one attached hydrogen (secondary N) is 2. The van der Waals surface area contributed by atoms with Gasteiger partial charge in [0.05, 0.1) is 22.9 Å². The molecule has 0 radical (unpaired) electrons. The highest BCUT2D eigenvalue weighted by Crippen LogP contribution is 2.28. The van der Waals surface area contributed by atoms with Crippen LogP contribution in [0.5, 0.6) is 0 Å². The molecule has 0 fully saturated rings. The van der Waals surface area contributed by atoms with Gasteiger partial charge in [-0.05, 0) is 30.7 Å². The van der Waals surface area contributed by atoms with Crippen LogP contribution in [0.2, 0.25) is 5.02 Å². The number of H-pyrrole nitrogens is 1. The van der Waals surface area contributed by atoms with Gasteiger partial charge in [-0.15, -0.1) is 0 Å². The zero-order valence-corrected chi connectivity index (χ0v) is 11.8. The summed E-state index contributed by atoms with van der Waals surface area (Å²) in [6.45, 7) is 2.31. The van der Waals surface area contributed by atoms with Crippen LogP contribution < -0.4 is 5.32 Å². The van der Waals surface area contributed by atoms with E-state index in [1.165, 1.54) is 6.07 Å². The molecule has 1 heterocycles. The molecule has 2 nitrogen and oxygen atoms in total. The predicted molar refractivity (Wildman–Crippen MR) is 81.8 cm³/mol. The van der Waals surface area contributed by atoms with Crippen LogP contribution in [0.4, 0.5) is 10.1 Å². The van der Waals surface area contributed by atoms with E-state index >= 15 is 0 Å². The highest BCUT2D eigenvalue weighted by molar-refractivity contribution is 6.36. The Kier molecular flexibility index (Phi) is 3.36. The van der Waals surface area contributed by atoms with Crippen molar-refractivity contribution in [1.29, 1.82) is 0 Å². The van der Waals surface area contributed by atoms with Crippen LogP contribution in [0.3, 0.4) is 0 Å². The minimum Gasteiger partial charge on any atom is -0.377 e. The number of rotatable bonds is 3. The zero-order valence-electron chi connectivity index (χ0n) is 11.0. The lowest BCUT2D eigenvalue weighted by Crippen LogP contribution is -2.02. The molecule has 3 aromatic rings. The molecule has 0 aliphatic carbocycles. The first kappa shape index (κ1) is 13.0. The van der Waals surface area contributed by atoms with Crippen molar-refractivity contribution in [1.82, 2.24) is 4.98 Å². The fourth-order valence-electron chi connectivity index (χ4n) is 2.23. The van der Waals surface area contributed by atoms with Crippen LogP contribution in [0.1, 0.15) is 11.3 Å². The molecule has 0 amide bonds. The first-order valence-corrected chi connectivity index (χ1v) is 6.78. The maximum Gasteiger partial charge on any atom is 0.146 e. The standard InChI is InChI=1S/C16H14ClFN2/c1-10-6-7-14(12(18)8-10)19-9-15-16(17)11-4-2-3-5-13(11)20-15/h2-8,19-20H,9H2,1H3. The van der Waals surface area contributed by atoms with E-state index in [0.29, 0.717) is 17.3 Å². The number of aromatic nitrogens is 1. The molecular formula is C16H14ClFN2. The average molecular weight is 289 g/mol. The van der Waals surface area contributed by atoms with Gasteiger partial charge in [0.15, 0.2) is 0 Å². The first-order valence-electron chi connectivity index (χ1n) is 6.40. The second-order valence-corrected chi connectivity index (χ2v) is 5.18. The van der Waals surface area contributed by atoms with E-state index < -0.39 is 0 Å². The molecule has 102 valence electrons. The number of aromatic amines is 1. The summed E-state index contributed by atoms with van der Waals surface area (Å²) in [6, 6.07) is 12.9. The summed E-state index contributed by atoms with van der Waals surface area (Å²) in [6.07, 6.45) is 0. The van der Waals surface area contributed by atoms with Gasteiger partial charge in [0, 0.05) is 10.9 Å². The van der Waals surface area contributed by atoms with E-state index in [1.807, 2.05) is 37.3 Å². The van der Waals surface area contributed by atoms with E-state index in [1.54, 1.807) is 6.07 Å². The molecule has 0 bridgehead atoms. The van der Waals surface area contributed by atoms with Gasteiger partial charge in [-0.3, -0.25) is 0 Å². The van der Waals surface area contributed by atoms with Crippen molar-refractivity contribution in [2.24, 2.45) is 0 Å². The van der Waals surface area contributed by atoms with Crippen LogP contribution in [0.25, 0.3) is 10.9 Å². The van der Waals surface area contributed by atoms with Gasteiger partial charge in [-0.25, -0.2) is 4.39 Å². The van der Waals surface area contributed by atoms with Gasteiger partial charge >= 0.3 is 0 Å². The van der Waals surface area contributed by atoms with Crippen LogP contribution in [-0.2, 0) is 6.54 Å². The smallest absolute Gasteiger partial charge is 0.146 e. The van der Waals surface area contributed by atoms with Crippen LogP contribution in [0.15, 0.2) is 42.5 Å². The van der Waals surface area contributed by atoms with Gasteiger partial charge in [0.1, 0.15) is 5.82 Å². The van der Waals surface area contributed by atoms with Crippen molar-refractivity contribution in [3.8, 4) is 0 Å². The second-order valence-electron chi connectivity index (χ2n) is 4.80. The van der Waals surface area contributed by atoms with Crippen molar-refractivity contribution >= 4 is 28.2 Å². The van der Waals surface area contributed by atoms with E-state index in [-0.39, 0.29) is 5.82 Å². The van der Waals surface area contributed by atoms with E-state index in [4.69, 9.17) is 11.6 Å². The van der Waals surface area contributed by atoms with E-state index in [0.717, 1.165) is 22.2 Å². The highest BCUT2D eigenvalue weighted by Gasteiger charge is 2.09. The quantitative estimate of drug-likeness (QED) is 0.706. The molecule has 0 aliphatic heterocycles. The number of benzene rings is 2. The summed E-state index contributed by atoms with van der Waals surface area (Å²) in [5.41, 5.74) is 3.22. The molecule has 0 saturated carbocycles. The van der Waals surface area contributed by atoms with Crippen molar-refractivity contribution in [2.75, 3.05) is 5.32 Å². The Morgan fingerprint density at radius 2 is 2.00 bits per heavy atom. The second kappa shape index (κ2) is 5.17. The van der Waals surface area contributed by atoms with Crippen LogP contribution in [0, 0.1) is 12.7 Å². The summed E-state index contributed by atoms with van der Waals surface area (Å²) in [4.78, 5) is 3.25. The van der Waals surface area contributed by atoms with Gasteiger partial charge in [-0.1, -0.05) is 35.9 Å². The van der Waals surface area contributed by atoms with E-state index in [9.17, 15) is 4.39 Å². The highest BCUT2D eigenvalue weighted by atomic mass is 35.5. The monoisotopic (exact) mass is 288 g/mol.